The van der Waals surface area contributed by atoms with Gasteiger partial charge in [0.05, 0.1) is 5.54 Å². The number of benzene rings is 1. The molecule has 3 atom stereocenters. The van der Waals surface area contributed by atoms with Gasteiger partial charge in [0.15, 0.2) is 6.29 Å². The van der Waals surface area contributed by atoms with Crippen LogP contribution in [0.25, 0.3) is 0 Å². The Morgan fingerprint density at radius 3 is 2.52 bits per heavy atom. The smallest absolute Gasteiger partial charge is 0.196 e. The van der Waals surface area contributed by atoms with Gasteiger partial charge in [-0.15, -0.1) is 0 Å². The minimum absolute atomic E-state index is 0.159. The molecule has 3 unspecified atom stereocenters. The van der Waals surface area contributed by atoms with E-state index in [1.165, 1.54) is 11.1 Å². The van der Waals surface area contributed by atoms with E-state index in [0.717, 1.165) is 18.7 Å². The Morgan fingerprint density at radius 1 is 1.29 bits per heavy atom. The molecular weight excluding hydrogens is 262 g/mol. The fourth-order valence-corrected chi connectivity index (χ4v) is 4.04. The van der Waals surface area contributed by atoms with Crippen LogP contribution in [0.3, 0.4) is 0 Å². The normalized spacial score (nSPS) is 31.5. The molecule has 116 valence electrons. The third-order valence-corrected chi connectivity index (χ3v) is 5.16. The van der Waals surface area contributed by atoms with Crippen molar-refractivity contribution in [2.45, 2.75) is 58.3 Å². The van der Waals surface area contributed by atoms with Crippen LogP contribution in [0.15, 0.2) is 18.2 Å². The molecule has 1 fully saturated rings. The zero-order valence-electron chi connectivity index (χ0n) is 14.0. The van der Waals surface area contributed by atoms with E-state index in [2.05, 4.69) is 51.2 Å². The molecule has 1 N–H and O–H groups in total. The summed E-state index contributed by atoms with van der Waals surface area (Å²) in [5.74, 6) is 0.903. The first kappa shape index (κ1) is 14.9. The molecule has 3 nitrogen and oxygen atoms in total. The summed E-state index contributed by atoms with van der Waals surface area (Å²) in [5.41, 5.74) is 3.60. The molecule has 0 spiro atoms. The van der Waals surface area contributed by atoms with E-state index in [0.29, 0.717) is 5.41 Å². The third kappa shape index (κ3) is 2.01. The first-order valence-corrected chi connectivity index (χ1v) is 7.81. The van der Waals surface area contributed by atoms with Gasteiger partial charge < -0.3 is 14.8 Å². The van der Waals surface area contributed by atoms with Gasteiger partial charge in [0, 0.05) is 19.1 Å². The van der Waals surface area contributed by atoms with Crippen molar-refractivity contribution < 1.29 is 9.47 Å². The van der Waals surface area contributed by atoms with Gasteiger partial charge in [-0.05, 0) is 42.0 Å². The molecule has 3 rings (SSSR count). The molecule has 0 aromatic heterocycles. The van der Waals surface area contributed by atoms with Crippen molar-refractivity contribution in [2.24, 2.45) is 5.41 Å². The van der Waals surface area contributed by atoms with Gasteiger partial charge >= 0.3 is 0 Å². The zero-order chi connectivity index (χ0) is 15.5. The summed E-state index contributed by atoms with van der Waals surface area (Å²) in [6.45, 7) is 12.3. The summed E-state index contributed by atoms with van der Waals surface area (Å²) in [5, 5.41) is 3.72. The summed E-state index contributed by atoms with van der Waals surface area (Å²) < 4.78 is 11.0. The minimum atomic E-state index is -0.213. The SMILES string of the molecule is COC(C)Oc1ccc2c(c1)C1(C)CNC21CC(C)(C)C. The predicted molar refractivity (Wildman–Crippen MR) is 84.6 cm³/mol. The number of hydrogen-bond donors (Lipinski definition) is 1. The van der Waals surface area contributed by atoms with Gasteiger partial charge in [-0.2, -0.15) is 0 Å². The van der Waals surface area contributed by atoms with Crippen molar-refractivity contribution in [1.82, 2.24) is 5.32 Å². The molecule has 1 aliphatic heterocycles. The average molecular weight is 289 g/mol. The Bertz CT molecular complexity index is 563. The number of ether oxygens (including phenoxy) is 2. The molecule has 3 heteroatoms. The molecule has 0 bridgehead atoms. The highest BCUT2D eigenvalue weighted by Crippen LogP contribution is 2.63. The van der Waals surface area contributed by atoms with Crippen LogP contribution in [0.4, 0.5) is 0 Å². The van der Waals surface area contributed by atoms with E-state index in [-0.39, 0.29) is 17.2 Å². The number of nitrogens with one attached hydrogen (secondary N) is 1. The van der Waals surface area contributed by atoms with Crippen molar-refractivity contribution in [3.63, 3.8) is 0 Å². The molecule has 1 aromatic rings. The van der Waals surface area contributed by atoms with Gasteiger partial charge in [0.2, 0.25) is 0 Å². The molecule has 2 aliphatic rings. The van der Waals surface area contributed by atoms with E-state index >= 15 is 0 Å². The van der Waals surface area contributed by atoms with Crippen LogP contribution in [0.2, 0.25) is 0 Å². The van der Waals surface area contributed by atoms with Crippen LogP contribution >= 0.6 is 0 Å². The minimum Gasteiger partial charge on any atom is -0.465 e. The van der Waals surface area contributed by atoms with Crippen molar-refractivity contribution in [3.05, 3.63) is 29.3 Å². The summed E-state index contributed by atoms with van der Waals surface area (Å²) in [7, 11) is 1.66. The predicted octanol–water partition coefficient (Wildman–Crippen LogP) is 3.56. The van der Waals surface area contributed by atoms with Crippen LogP contribution in [-0.4, -0.2) is 19.9 Å². The number of hydrogen-bond acceptors (Lipinski definition) is 3. The van der Waals surface area contributed by atoms with E-state index < -0.39 is 0 Å². The first-order chi connectivity index (χ1) is 9.72. The molecule has 0 amide bonds. The largest absolute Gasteiger partial charge is 0.465 e. The van der Waals surface area contributed by atoms with Crippen LogP contribution in [0.5, 0.6) is 5.75 Å². The average Bonchev–Trinajstić information content (AvgIpc) is 2.41. The fraction of sp³-hybridized carbons (Fsp3) is 0.667. The first-order valence-electron chi connectivity index (χ1n) is 7.81. The van der Waals surface area contributed by atoms with Gasteiger partial charge in [0.1, 0.15) is 5.75 Å². The second-order valence-electron chi connectivity index (χ2n) is 7.96. The van der Waals surface area contributed by atoms with Crippen molar-refractivity contribution in [2.75, 3.05) is 13.7 Å². The second-order valence-corrected chi connectivity index (χ2v) is 7.96. The van der Waals surface area contributed by atoms with Crippen molar-refractivity contribution in [1.29, 1.82) is 0 Å². The summed E-state index contributed by atoms with van der Waals surface area (Å²) in [6, 6.07) is 6.50. The molecule has 0 radical (unpaired) electrons. The highest BCUT2D eigenvalue weighted by molar-refractivity contribution is 5.60. The zero-order valence-corrected chi connectivity index (χ0v) is 14.0. The van der Waals surface area contributed by atoms with Gasteiger partial charge in [-0.3, -0.25) is 0 Å². The third-order valence-electron chi connectivity index (χ3n) is 5.16. The highest BCUT2D eigenvalue weighted by Gasteiger charge is 2.67. The van der Waals surface area contributed by atoms with E-state index in [4.69, 9.17) is 9.47 Å². The number of fused-ring (bicyclic) bond motifs is 4. The highest BCUT2D eigenvalue weighted by atomic mass is 16.7. The topological polar surface area (TPSA) is 30.5 Å². The Labute approximate surface area is 128 Å². The van der Waals surface area contributed by atoms with Crippen molar-refractivity contribution in [3.8, 4) is 5.75 Å². The van der Waals surface area contributed by atoms with Crippen LogP contribution in [0.1, 0.15) is 52.2 Å². The maximum absolute atomic E-state index is 5.78. The molecule has 1 heterocycles. The lowest BCUT2D eigenvalue weighted by molar-refractivity contribution is -0.0398. The van der Waals surface area contributed by atoms with Gasteiger partial charge in [0.25, 0.3) is 0 Å². The molecule has 1 saturated heterocycles. The van der Waals surface area contributed by atoms with Crippen LogP contribution in [0, 0.1) is 5.41 Å². The Morgan fingerprint density at radius 2 is 2.00 bits per heavy atom. The van der Waals surface area contributed by atoms with E-state index in [1.807, 2.05) is 6.92 Å². The molecule has 21 heavy (non-hydrogen) atoms. The Kier molecular flexibility index (Phi) is 3.16. The fourth-order valence-electron chi connectivity index (χ4n) is 4.04. The maximum atomic E-state index is 5.78. The lowest BCUT2D eigenvalue weighted by Crippen LogP contribution is -2.78. The van der Waals surface area contributed by atoms with Crippen LogP contribution < -0.4 is 10.1 Å². The monoisotopic (exact) mass is 289 g/mol. The molecular formula is C18H27NO2. The van der Waals surface area contributed by atoms with Gasteiger partial charge in [-0.1, -0.05) is 33.8 Å². The molecule has 0 saturated carbocycles. The summed E-state index contributed by atoms with van der Waals surface area (Å²) in [4.78, 5) is 0. The van der Waals surface area contributed by atoms with Crippen LogP contribution in [-0.2, 0) is 15.7 Å². The maximum Gasteiger partial charge on any atom is 0.196 e. The standard InChI is InChI=1S/C18H27NO2/c1-12(20-6)21-13-7-8-14-15(9-13)17(5)11-19-18(14,17)10-16(2,3)4/h7-9,12,19H,10-11H2,1-6H3. The molecule has 1 aliphatic carbocycles. The number of rotatable bonds is 4. The lowest BCUT2D eigenvalue weighted by atomic mass is 9.44. The van der Waals surface area contributed by atoms with E-state index in [9.17, 15) is 0 Å². The Hall–Kier alpha value is -1.06. The number of methoxy groups -OCH3 is 1. The molecule has 1 aromatic carbocycles. The summed E-state index contributed by atoms with van der Waals surface area (Å²) in [6.07, 6.45) is 0.952. The Balaban J connectivity index is 1.91. The summed E-state index contributed by atoms with van der Waals surface area (Å²) >= 11 is 0. The van der Waals surface area contributed by atoms with E-state index in [1.54, 1.807) is 7.11 Å². The lowest BCUT2D eigenvalue weighted by Gasteiger charge is -2.69. The second kappa shape index (κ2) is 4.47. The quantitative estimate of drug-likeness (QED) is 0.860. The van der Waals surface area contributed by atoms with Crippen molar-refractivity contribution >= 4 is 0 Å². The van der Waals surface area contributed by atoms with Gasteiger partial charge in [-0.25, -0.2) is 0 Å².